The highest BCUT2D eigenvalue weighted by molar-refractivity contribution is 9.10. The Kier molecular flexibility index (Phi) is 8.27. The molecule has 0 spiro atoms. The van der Waals surface area contributed by atoms with Crippen LogP contribution in [0.4, 0.5) is 5.00 Å². The summed E-state index contributed by atoms with van der Waals surface area (Å²) in [4.78, 5) is 25.3. The molecule has 0 unspecified atom stereocenters. The minimum Gasteiger partial charge on any atom is -0.465 e. The molecule has 0 atom stereocenters. The summed E-state index contributed by atoms with van der Waals surface area (Å²) in [6.07, 6.45) is 0. The smallest absolute Gasteiger partial charge is 0.341 e. The zero-order valence-electron chi connectivity index (χ0n) is 18.7. The molecule has 2 aromatic heterocycles. The van der Waals surface area contributed by atoms with Crippen LogP contribution in [-0.4, -0.2) is 39.5 Å². The highest BCUT2D eigenvalue weighted by Gasteiger charge is 2.23. The molecule has 0 aliphatic rings. The summed E-state index contributed by atoms with van der Waals surface area (Å²) < 4.78 is 7.92. The Hall–Kier alpha value is -2.66. The van der Waals surface area contributed by atoms with Gasteiger partial charge in [0.1, 0.15) is 10.6 Å². The van der Waals surface area contributed by atoms with Gasteiger partial charge >= 0.3 is 5.97 Å². The van der Waals surface area contributed by atoms with Gasteiger partial charge in [0.05, 0.1) is 12.9 Å². The van der Waals surface area contributed by atoms with Crippen LogP contribution in [0.15, 0.2) is 63.5 Å². The van der Waals surface area contributed by atoms with Crippen molar-refractivity contribution in [2.24, 2.45) is 0 Å². The second-order valence-corrected chi connectivity index (χ2v) is 10.4. The molecule has 180 valence electrons. The molecule has 2 aromatic carbocycles. The van der Waals surface area contributed by atoms with Crippen molar-refractivity contribution < 1.29 is 14.3 Å². The van der Waals surface area contributed by atoms with Crippen LogP contribution >= 0.6 is 50.6 Å². The average Bonchev–Trinajstić information content (AvgIpc) is 3.47. The zero-order valence-corrected chi connectivity index (χ0v) is 22.7. The lowest BCUT2D eigenvalue weighted by molar-refractivity contribution is -0.113. The first-order valence-electron chi connectivity index (χ1n) is 10.5. The maximum absolute atomic E-state index is 12.8. The maximum atomic E-state index is 12.8. The SMILES string of the molecule is CCn1c(SCC(=O)Nc2scc(-c3ccc(Cl)cc3)c2C(=O)OC)nnc1-c1ccc(Br)cc1. The number of anilines is 1. The first-order chi connectivity index (χ1) is 16.9. The van der Waals surface area contributed by atoms with Crippen LogP contribution in [0.25, 0.3) is 22.5 Å². The van der Waals surface area contributed by atoms with Gasteiger partial charge in [0, 0.05) is 32.5 Å². The molecule has 0 aliphatic heterocycles. The van der Waals surface area contributed by atoms with Gasteiger partial charge < -0.3 is 14.6 Å². The third-order valence-corrected chi connectivity index (χ3v) is 7.70. The van der Waals surface area contributed by atoms with Crippen molar-refractivity contribution in [2.45, 2.75) is 18.6 Å². The van der Waals surface area contributed by atoms with Crippen molar-refractivity contribution in [2.75, 3.05) is 18.2 Å². The van der Waals surface area contributed by atoms with Crippen LogP contribution < -0.4 is 5.32 Å². The molecule has 0 saturated carbocycles. The lowest BCUT2D eigenvalue weighted by Crippen LogP contribution is -2.16. The minimum atomic E-state index is -0.524. The lowest BCUT2D eigenvalue weighted by Gasteiger charge is -2.09. The number of nitrogens with one attached hydrogen (secondary N) is 1. The number of nitrogens with zero attached hydrogens (tertiary/aromatic N) is 3. The average molecular weight is 592 g/mol. The Morgan fingerprint density at radius 3 is 2.46 bits per heavy atom. The van der Waals surface area contributed by atoms with Gasteiger partial charge in [-0.05, 0) is 36.8 Å². The van der Waals surface area contributed by atoms with Gasteiger partial charge in [-0.25, -0.2) is 4.79 Å². The number of thiophene rings is 1. The Balaban J connectivity index is 1.50. The summed E-state index contributed by atoms with van der Waals surface area (Å²) in [6, 6.07) is 15.0. The summed E-state index contributed by atoms with van der Waals surface area (Å²) in [5, 5.41) is 14.9. The van der Waals surface area contributed by atoms with Crippen LogP contribution in [-0.2, 0) is 16.1 Å². The zero-order chi connectivity index (χ0) is 24.9. The number of aromatic nitrogens is 3. The van der Waals surface area contributed by atoms with Crippen molar-refractivity contribution in [3.05, 3.63) is 69.0 Å². The number of rotatable bonds is 8. The number of hydrogen-bond acceptors (Lipinski definition) is 7. The van der Waals surface area contributed by atoms with E-state index in [2.05, 4.69) is 31.4 Å². The first kappa shape index (κ1) is 25.4. The molecule has 1 amide bonds. The van der Waals surface area contributed by atoms with Crippen molar-refractivity contribution in [3.8, 4) is 22.5 Å². The number of benzene rings is 2. The molecular weight excluding hydrogens is 572 g/mol. The Bertz CT molecular complexity index is 1350. The molecule has 0 bridgehead atoms. The molecular formula is C24H20BrClN4O3S2. The molecule has 11 heteroatoms. The molecule has 2 heterocycles. The van der Waals surface area contributed by atoms with Crippen molar-refractivity contribution >= 4 is 67.5 Å². The van der Waals surface area contributed by atoms with E-state index in [0.717, 1.165) is 21.4 Å². The van der Waals surface area contributed by atoms with Crippen LogP contribution in [0.5, 0.6) is 0 Å². The van der Waals surface area contributed by atoms with E-state index < -0.39 is 5.97 Å². The van der Waals surface area contributed by atoms with Gasteiger partial charge in [0.15, 0.2) is 11.0 Å². The molecule has 4 rings (SSSR count). The normalized spacial score (nSPS) is 10.9. The van der Waals surface area contributed by atoms with Crippen molar-refractivity contribution in [1.29, 1.82) is 0 Å². The predicted molar refractivity (Wildman–Crippen MR) is 144 cm³/mol. The van der Waals surface area contributed by atoms with Crippen LogP contribution in [0.3, 0.4) is 0 Å². The van der Waals surface area contributed by atoms with E-state index >= 15 is 0 Å². The van der Waals surface area contributed by atoms with Crippen molar-refractivity contribution in [1.82, 2.24) is 14.8 Å². The molecule has 4 aromatic rings. The Morgan fingerprint density at radius 1 is 1.11 bits per heavy atom. The van der Waals surface area contributed by atoms with E-state index in [1.807, 2.05) is 53.3 Å². The number of ether oxygens (including phenoxy) is 1. The lowest BCUT2D eigenvalue weighted by atomic mass is 10.0. The second kappa shape index (κ2) is 11.4. The highest BCUT2D eigenvalue weighted by atomic mass is 79.9. The van der Waals surface area contributed by atoms with Gasteiger partial charge in [-0.15, -0.1) is 21.5 Å². The quantitative estimate of drug-likeness (QED) is 0.183. The summed E-state index contributed by atoms with van der Waals surface area (Å²) in [5.41, 5.74) is 2.73. The van der Waals surface area contributed by atoms with Gasteiger partial charge in [-0.2, -0.15) is 0 Å². The van der Waals surface area contributed by atoms with E-state index in [0.29, 0.717) is 32.9 Å². The van der Waals surface area contributed by atoms with Gasteiger partial charge in [0.2, 0.25) is 5.91 Å². The third-order valence-electron chi connectivity index (χ3n) is 5.06. The highest BCUT2D eigenvalue weighted by Crippen LogP contribution is 2.37. The summed E-state index contributed by atoms with van der Waals surface area (Å²) in [5.74, 6) is 0.0547. The monoisotopic (exact) mass is 590 g/mol. The number of hydrogen-bond donors (Lipinski definition) is 1. The van der Waals surface area contributed by atoms with Crippen LogP contribution in [0, 0.1) is 0 Å². The van der Waals surface area contributed by atoms with Gasteiger partial charge in [0.25, 0.3) is 0 Å². The number of amides is 1. The first-order valence-corrected chi connectivity index (χ1v) is 13.5. The number of thioether (sulfide) groups is 1. The summed E-state index contributed by atoms with van der Waals surface area (Å²) >= 11 is 12.0. The second-order valence-electron chi connectivity index (χ2n) is 7.25. The van der Waals surface area contributed by atoms with Crippen LogP contribution in [0.2, 0.25) is 5.02 Å². The number of carbonyl (C=O) groups excluding carboxylic acids is 2. The molecule has 35 heavy (non-hydrogen) atoms. The fourth-order valence-electron chi connectivity index (χ4n) is 3.38. The van der Waals surface area contributed by atoms with Gasteiger partial charge in [-0.1, -0.05) is 63.6 Å². The van der Waals surface area contributed by atoms with Gasteiger partial charge in [-0.3, -0.25) is 4.79 Å². The van der Waals surface area contributed by atoms with E-state index in [4.69, 9.17) is 16.3 Å². The largest absolute Gasteiger partial charge is 0.465 e. The Labute approximate surface area is 224 Å². The molecule has 1 N–H and O–H groups in total. The van der Waals surface area contributed by atoms with E-state index in [1.54, 1.807) is 12.1 Å². The molecule has 0 aliphatic carbocycles. The predicted octanol–water partition coefficient (Wildman–Crippen LogP) is 6.63. The number of halogens is 2. The summed E-state index contributed by atoms with van der Waals surface area (Å²) in [7, 11) is 1.31. The third kappa shape index (κ3) is 5.78. The van der Waals surface area contributed by atoms with Crippen LogP contribution in [0.1, 0.15) is 17.3 Å². The molecule has 7 nitrogen and oxygen atoms in total. The van der Waals surface area contributed by atoms with E-state index in [-0.39, 0.29) is 11.7 Å². The van der Waals surface area contributed by atoms with E-state index in [1.165, 1.54) is 30.2 Å². The molecule has 0 saturated heterocycles. The Morgan fingerprint density at radius 2 is 1.80 bits per heavy atom. The maximum Gasteiger partial charge on any atom is 0.341 e. The topological polar surface area (TPSA) is 86.1 Å². The molecule has 0 fully saturated rings. The number of methoxy groups -OCH3 is 1. The van der Waals surface area contributed by atoms with E-state index in [9.17, 15) is 9.59 Å². The fraction of sp³-hybridized carbons (Fsp3) is 0.167. The standard InChI is InChI=1S/C24H20BrClN4O3S2/c1-3-30-21(15-4-8-16(25)9-5-15)28-29-24(30)35-13-19(31)27-22-20(23(32)33-2)18(12-34-22)14-6-10-17(26)11-7-14/h4-12H,3,13H2,1-2H3,(H,27,31). The molecule has 0 radical (unpaired) electrons. The summed E-state index contributed by atoms with van der Waals surface area (Å²) in [6.45, 7) is 2.66. The minimum absolute atomic E-state index is 0.104. The van der Waals surface area contributed by atoms with Crippen molar-refractivity contribution in [3.63, 3.8) is 0 Å². The number of carbonyl (C=O) groups is 2. The number of esters is 1. The fourth-order valence-corrected chi connectivity index (χ4v) is 5.55.